The topological polar surface area (TPSA) is 114 Å². The van der Waals surface area contributed by atoms with Crippen molar-refractivity contribution in [1.82, 2.24) is 4.98 Å². The first-order valence-corrected chi connectivity index (χ1v) is 6.83. The molecule has 0 saturated carbocycles. The fourth-order valence-electron chi connectivity index (χ4n) is 2.23. The third kappa shape index (κ3) is 3.36. The highest BCUT2D eigenvalue weighted by molar-refractivity contribution is 6.02. The zero-order valence-electron chi connectivity index (χ0n) is 12.0. The first kappa shape index (κ1) is 15.4. The Balaban J connectivity index is 2.41. The van der Waals surface area contributed by atoms with Crippen LogP contribution < -0.4 is 16.8 Å². The maximum Gasteiger partial charge on any atom is 0.241 e. The summed E-state index contributed by atoms with van der Waals surface area (Å²) in [6, 6.07) is 6.62. The molecule has 6 heteroatoms. The zero-order valence-corrected chi connectivity index (χ0v) is 12.0. The standard InChI is InChI=1S/C15H20N4O2/c1-9-7-10(8-20)11-3-2-4-13(14(11)18-9)19-15(21)12(17)5-6-16/h2-4,7,12,20H,5-6,8,16-17H2,1H3,(H,19,21)/t12-/m0/s1. The van der Waals surface area contributed by atoms with E-state index in [0.717, 1.165) is 16.6 Å². The number of para-hydroxylation sites is 1. The highest BCUT2D eigenvalue weighted by Crippen LogP contribution is 2.25. The number of aromatic nitrogens is 1. The van der Waals surface area contributed by atoms with Crippen LogP contribution in [0.25, 0.3) is 10.9 Å². The molecule has 2 rings (SSSR count). The van der Waals surface area contributed by atoms with Crippen LogP contribution in [0.3, 0.4) is 0 Å². The Bertz CT molecular complexity index is 657. The van der Waals surface area contributed by atoms with Gasteiger partial charge in [0.1, 0.15) is 0 Å². The molecule has 0 spiro atoms. The Labute approximate surface area is 123 Å². The minimum Gasteiger partial charge on any atom is -0.392 e. The number of nitrogens with one attached hydrogen (secondary N) is 1. The molecule has 6 N–H and O–H groups in total. The molecule has 0 bridgehead atoms. The largest absolute Gasteiger partial charge is 0.392 e. The number of carbonyl (C=O) groups is 1. The number of rotatable bonds is 5. The minimum atomic E-state index is -0.646. The summed E-state index contributed by atoms with van der Waals surface area (Å²) in [5.41, 5.74) is 14.0. The second-order valence-electron chi connectivity index (χ2n) is 4.96. The van der Waals surface area contributed by atoms with Crippen molar-refractivity contribution >= 4 is 22.5 Å². The first-order valence-electron chi connectivity index (χ1n) is 6.83. The number of carbonyl (C=O) groups excluding carboxylic acids is 1. The van der Waals surface area contributed by atoms with Crippen LogP contribution in [0.1, 0.15) is 17.7 Å². The lowest BCUT2D eigenvalue weighted by Crippen LogP contribution is -2.37. The maximum atomic E-state index is 12.0. The number of benzene rings is 1. The number of pyridine rings is 1. The second kappa shape index (κ2) is 6.62. The Morgan fingerprint density at radius 2 is 2.24 bits per heavy atom. The highest BCUT2D eigenvalue weighted by Gasteiger charge is 2.15. The van der Waals surface area contributed by atoms with Gasteiger partial charge in [-0.2, -0.15) is 0 Å². The van der Waals surface area contributed by atoms with Crippen molar-refractivity contribution in [3.63, 3.8) is 0 Å². The van der Waals surface area contributed by atoms with E-state index in [4.69, 9.17) is 11.5 Å². The van der Waals surface area contributed by atoms with Gasteiger partial charge in [0, 0.05) is 11.1 Å². The van der Waals surface area contributed by atoms with Crippen LogP contribution in [0.4, 0.5) is 5.69 Å². The number of nitrogens with two attached hydrogens (primary N) is 2. The number of aliphatic hydroxyl groups is 1. The van der Waals surface area contributed by atoms with Crippen LogP contribution in [0.5, 0.6) is 0 Å². The molecule has 0 radical (unpaired) electrons. The normalized spacial score (nSPS) is 12.4. The lowest BCUT2D eigenvalue weighted by atomic mass is 10.1. The average Bonchev–Trinajstić information content (AvgIpc) is 2.47. The van der Waals surface area contributed by atoms with Crippen molar-refractivity contribution in [2.45, 2.75) is 26.0 Å². The molecule has 0 aliphatic heterocycles. The molecule has 0 saturated heterocycles. The lowest BCUT2D eigenvalue weighted by Gasteiger charge is -2.14. The molecule has 1 amide bonds. The van der Waals surface area contributed by atoms with Crippen LogP contribution in [-0.4, -0.2) is 28.6 Å². The monoisotopic (exact) mass is 288 g/mol. The summed E-state index contributed by atoms with van der Waals surface area (Å²) < 4.78 is 0. The van der Waals surface area contributed by atoms with E-state index in [-0.39, 0.29) is 12.5 Å². The number of aryl methyl sites for hydroxylation is 1. The van der Waals surface area contributed by atoms with E-state index in [1.165, 1.54) is 0 Å². The maximum absolute atomic E-state index is 12.0. The summed E-state index contributed by atoms with van der Waals surface area (Å²) in [6.07, 6.45) is 0.422. The molecule has 1 aromatic carbocycles. The van der Waals surface area contributed by atoms with E-state index in [1.807, 2.05) is 25.1 Å². The fourth-order valence-corrected chi connectivity index (χ4v) is 2.23. The number of amides is 1. The predicted molar refractivity (Wildman–Crippen MR) is 82.7 cm³/mol. The average molecular weight is 288 g/mol. The number of aliphatic hydroxyl groups excluding tert-OH is 1. The van der Waals surface area contributed by atoms with E-state index in [0.29, 0.717) is 24.2 Å². The summed E-state index contributed by atoms with van der Waals surface area (Å²) in [7, 11) is 0. The van der Waals surface area contributed by atoms with E-state index in [1.54, 1.807) is 6.07 Å². The molecule has 0 aliphatic rings. The Morgan fingerprint density at radius 1 is 1.48 bits per heavy atom. The van der Waals surface area contributed by atoms with Crippen LogP contribution in [0, 0.1) is 6.92 Å². The van der Waals surface area contributed by atoms with Gasteiger partial charge >= 0.3 is 0 Å². The van der Waals surface area contributed by atoms with Crippen LogP contribution >= 0.6 is 0 Å². The summed E-state index contributed by atoms with van der Waals surface area (Å²) in [4.78, 5) is 16.5. The first-order chi connectivity index (χ1) is 10.1. The number of hydrogen-bond acceptors (Lipinski definition) is 5. The molecule has 6 nitrogen and oxygen atoms in total. The van der Waals surface area contributed by atoms with Crippen LogP contribution in [0.2, 0.25) is 0 Å². The van der Waals surface area contributed by atoms with Crippen molar-refractivity contribution in [1.29, 1.82) is 0 Å². The number of anilines is 1. The number of fused-ring (bicyclic) bond motifs is 1. The molecular formula is C15H20N4O2. The summed E-state index contributed by atoms with van der Waals surface area (Å²) >= 11 is 0. The molecule has 0 aliphatic carbocycles. The van der Waals surface area contributed by atoms with E-state index in [9.17, 15) is 9.90 Å². The summed E-state index contributed by atoms with van der Waals surface area (Å²) in [6.45, 7) is 2.12. The summed E-state index contributed by atoms with van der Waals surface area (Å²) in [5, 5.41) is 13.0. The van der Waals surface area contributed by atoms with E-state index in [2.05, 4.69) is 10.3 Å². The van der Waals surface area contributed by atoms with Crippen molar-refractivity contribution in [2.75, 3.05) is 11.9 Å². The highest BCUT2D eigenvalue weighted by atomic mass is 16.3. The molecule has 1 heterocycles. The van der Waals surface area contributed by atoms with Gasteiger partial charge in [0.05, 0.1) is 23.9 Å². The Kier molecular flexibility index (Phi) is 4.85. The van der Waals surface area contributed by atoms with Crippen LogP contribution in [0.15, 0.2) is 24.3 Å². The molecular weight excluding hydrogens is 268 g/mol. The van der Waals surface area contributed by atoms with Gasteiger partial charge in [0.15, 0.2) is 0 Å². The lowest BCUT2D eigenvalue weighted by molar-refractivity contribution is -0.117. The smallest absolute Gasteiger partial charge is 0.241 e. The minimum absolute atomic E-state index is 0.0794. The number of nitrogens with zero attached hydrogens (tertiary/aromatic N) is 1. The van der Waals surface area contributed by atoms with Gasteiger partial charge < -0.3 is 21.9 Å². The summed E-state index contributed by atoms with van der Waals surface area (Å²) in [5.74, 6) is -0.290. The SMILES string of the molecule is Cc1cc(CO)c2cccc(NC(=O)[C@@H](N)CCN)c2n1. The van der Waals surface area contributed by atoms with Crippen LogP contribution in [-0.2, 0) is 11.4 Å². The molecule has 1 atom stereocenters. The Hall–Kier alpha value is -2.02. The fraction of sp³-hybridized carbons (Fsp3) is 0.333. The molecule has 112 valence electrons. The quantitative estimate of drug-likeness (QED) is 0.645. The Morgan fingerprint density at radius 3 is 2.90 bits per heavy atom. The third-order valence-electron chi connectivity index (χ3n) is 3.30. The van der Waals surface area contributed by atoms with E-state index < -0.39 is 6.04 Å². The van der Waals surface area contributed by atoms with Gasteiger partial charge in [-0.3, -0.25) is 9.78 Å². The third-order valence-corrected chi connectivity index (χ3v) is 3.30. The molecule has 21 heavy (non-hydrogen) atoms. The van der Waals surface area contributed by atoms with Gasteiger partial charge in [0.2, 0.25) is 5.91 Å². The zero-order chi connectivity index (χ0) is 15.4. The van der Waals surface area contributed by atoms with Gasteiger partial charge in [-0.1, -0.05) is 12.1 Å². The van der Waals surface area contributed by atoms with Gasteiger partial charge in [-0.25, -0.2) is 0 Å². The molecule has 0 fully saturated rings. The molecule has 0 unspecified atom stereocenters. The van der Waals surface area contributed by atoms with Gasteiger partial charge in [-0.05, 0) is 37.6 Å². The van der Waals surface area contributed by atoms with Crippen molar-refractivity contribution in [2.24, 2.45) is 11.5 Å². The van der Waals surface area contributed by atoms with Gasteiger partial charge in [0.25, 0.3) is 0 Å². The molecule has 2 aromatic rings. The predicted octanol–water partition coefficient (Wildman–Crippen LogP) is 0.650. The van der Waals surface area contributed by atoms with Crippen molar-refractivity contribution < 1.29 is 9.90 Å². The van der Waals surface area contributed by atoms with Crippen molar-refractivity contribution in [3.8, 4) is 0 Å². The van der Waals surface area contributed by atoms with Crippen molar-refractivity contribution in [3.05, 3.63) is 35.5 Å². The number of hydrogen-bond donors (Lipinski definition) is 4. The van der Waals surface area contributed by atoms with E-state index >= 15 is 0 Å². The van der Waals surface area contributed by atoms with Gasteiger partial charge in [-0.15, -0.1) is 0 Å². The second-order valence-corrected chi connectivity index (χ2v) is 4.96. The molecule has 1 aromatic heterocycles.